The van der Waals surface area contributed by atoms with E-state index in [0.29, 0.717) is 18.9 Å². The highest BCUT2D eigenvalue weighted by molar-refractivity contribution is 5.98. The van der Waals surface area contributed by atoms with Gasteiger partial charge in [0.05, 0.1) is 6.54 Å². The molecule has 2 heterocycles. The van der Waals surface area contributed by atoms with Crippen molar-refractivity contribution in [1.82, 2.24) is 15.1 Å². The number of piperidine rings is 1. The number of nitrogens with zero attached hydrogens (tertiary/aromatic N) is 2. The van der Waals surface area contributed by atoms with Crippen LogP contribution in [0.2, 0.25) is 0 Å². The molecule has 0 aromatic carbocycles. The third-order valence-corrected chi connectivity index (χ3v) is 5.19. The molecule has 0 saturated carbocycles. The number of piperazine rings is 1. The zero-order valence-corrected chi connectivity index (χ0v) is 13.1. The maximum atomic E-state index is 12.8. The molecule has 0 aromatic rings. The molecule has 1 N–H and O–H groups in total. The minimum absolute atomic E-state index is 0.0140. The average molecular weight is 281 g/mol. The number of hydrogen-bond acceptors (Lipinski definition) is 3. The molecule has 2 unspecified atom stereocenters. The maximum Gasteiger partial charge on any atom is 0.249 e. The summed E-state index contributed by atoms with van der Waals surface area (Å²) in [6.07, 6.45) is 3.24. The summed E-state index contributed by atoms with van der Waals surface area (Å²) in [6, 6.07) is 0.668. The second-order valence-electron chi connectivity index (χ2n) is 6.28. The van der Waals surface area contributed by atoms with Crippen LogP contribution in [0.3, 0.4) is 0 Å². The average Bonchev–Trinajstić information content (AvgIpc) is 2.44. The van der Waals surface area contributed by atoms with Crippen LogP contribution in [0.1, 0.15) is 46.5 Å². The lowest BCUT2D eigenvalue weighted by atomic mass is 9.86. The van der Waals surface area contributed by atoms with Crippen LogP contribution >= 0.6 is 0 Å². The first kappa shape index (κ1) is 15.3. The summed E-state index contributed by atoms with van der Waals surface area (Å²) >= 11 is 0. The monoisotopic (exact) mass is 281 g/mol. The number of rotatable bonds is 3. The van der Waals surface area contributed by atoms with Gasteiger partial charge in [0.2, 0.25) is 11.8 Å². The van der Waals surface area contributed by atoms with Crippen LogP contribution in [0.25, 0.3) is 0 Å². The van der Waals surface area contributed by atoms with Crippen LogP contribution in [0.15, 0.2) is 0 Å². The standard InChI is InChI=1S/C15H27N3O2/c1-5-15(6-2)14(20)18(10-13(19)16-15)12-7-8-17(4)11(3)9-12/h11-12H,5-10H2,1-4H3,(H,16,19). The van der Waals surface area contributed by atoms with Gasteiger partial charge in [-0.25, -0.2) is 0 Å². The highest BCUT2D eigenvalue weighted by Gasteiger charge is 2.46. The summed E-state index contributed by atoms with van der Waals surface area (Å²) in [6.45, 7) is 7.35. The van der Waals surface area contributed by atoms with E-state index in [1.54, 1.807) is 0 Å². The predicted molar refractivity (Wildman–Crippen MR) is 78.3 cm³/mol. The van der Waals surface area contributed by atoms with Gasteiger partial charge in [0.1, 0.15) is 5.54 Å². The molecule has 0 radical (unpaired) electrons. The number of carbonyl (C=O) groups is 2. The van der Waals surface area contributed by atoms with E-state index in [4.69, 9.17) is 0 Å². The molecular weight excluding hydrogens is 254 g/mol. The third-order valence-electron chi connectivity index (χ3n) is 5.19. The summed E-state index contributed by atoms with van der Waals surface area (Å²) in [4.78, 5) is 29.0. The highest BCUT2D eigenvalue weighted by Crippen LogP contribution is 2.28. The summed E-state index contributed by atoms with van der Waals surface area (Å²) in [5.74, 6) is 0.101. The predicted octanol–water partition coefficient (Wildman–Crippen LogP) is 0.986. The quantitative estimate of drug-likeness (QED) is 0.839. The molecule has 2 aliphatic heterocycles. The Morgan fingerprint density at radius 2 is 1.95 bits per heavy atom. The number of carbonyl (C=O) groups excluding carboxylic acids is 2. The van der Waals surface area contributed by atoms with E-state index < -0.39 is 5.54 Å². The fourth-order valence-corrected chi connectivity index (χ4v) is 3.43. The zero-order chi connectivity index (χ0) is 14.9. The van der Waals surface area contributed by atoms with E-state index in [-0.39, 0.29) is 24.4 Å². The van der Waals surface area contributed by atoms with Crippen molar-refractivity contribution in [3.8, 4) is 0 Å². The number of likely N-dealkylation sites (tertiary alicyclic amines) is 1. The Morgan fingerprint density at radius 1 is 1.30 bits per heavy atom. The van der Waals surface area contributed by atoms with Crippen LogP contribution in [0, 0.1) is 0 Å². The number of amides is 2. The van der Waals surface area contributed by atoms with Crippen molar-refractivity contribution in [2.45, 2.75) is 64.1 Å². The fraction of sp³-hybridized carbons (Fsp3) is 0.867. The Hall–Kier alpha value is -1.10. The smallest absolute Gasteiger partial charge is 0.249 e. The lowest BCUT2D eigenvalue weighted by Crippen LogP contribution is -2.68. The SMILES string of the molecule is CCC1(CC)NC(=O)CN(C2CCN(C)C(C)C2)C1=O. The Morgan fingerprint density at radius 3 is 2.50 bits per heavy atom. The molecule has 20 heavy (non-hydrogen) atoms. The van der Waals surface area contributed by atoms with Crippen molar-refractivity contribution in [3.05, 3.63) is 0 Å². The van der Waals surface area contributed by atoms with Crippen LogP contribution in [-0.2, 0) is 9.59 Å². The molecule has 5 nitrogen and oxygen atoms in total. The van der Waals surface area contributed by atoms with Crippen molar-refractivity contribution in [1.29, 1.82) is 0 Å². The largest absolute Gasteiger partial charge is 0.340 e. The number of nitrogens with one attached hydrogen (secondary N) is 1. The molecule has 2 fully saturated rings. The molecule has 2 rings (SSSR count). The molecule has 0 aliphatic carbocycles. The van der Waals surface area contributed by atoms with Gasteiger partial charge in [-0.15, -0.1) is 0 Å². The summed E-state index contributed by atoms with van der Waals surface area (Å²) < 4.78 is 0. The molecule has 2 amide bonds. The first-order valence-electron chi connectivity index (χ1n) is 7.75. The molecule has 0 spiro atoms. The number of hydrogen-bond donors (Lipinski definition) is 1. The Kier molecular flexibility index (Phi) is 4.37. The Balaban J connectivity index is 2.18. The first-order valence-corrected chi connectivity index (χ1v) is 7.75. The van der Waals surface area contributed by atoms with E-state index in [2.05, 4.69) is 24.2 Å². The second kappa shape index (κ2) is 5.72. The van der Waals surface area contributed by atoms with Crippen molar-refractivity contribution >= 4 is 11.8 Å². The van der Waals surface area contributed by atoms with Gasteiger partial charge in [-0.3, -0.25) is 9.59 Å². The van der Waals surface area contributed by atoms with Crippen LogP contribution in [0.4, 0.5) is 0 Å². The van der Waals surface area contributed by atoms with Gasteiger partial charge in [0, 0.05) is 18.6 Å². The van der Waals surface area contributed by atoms with Gasteiger partial charge >= 0.3 is 0 Å². The van der Waals surface area contributed by atoms with Gasteiger partial charge in [0.15, 0.2) is 0 Å². The molecule has 2 atom stereocenters. The van der Waals surface area contributed by atoms with Crippen LogP contribution in [-0.4, -0.2) is 59.4 Å². The third kappa shape index (κ3) is 2.55. The van der Waals surface area contributed by atoms with Crippen molar-refractivity contribution < 1.29 is 9.59 Å². The summed E-state index contributed by atoms with van der Waals surface area (Å²) in [7, 11) is 2.12. The summed E-state index contributed by atoms with van der Waals surface area (Å²) in [5, 5.41) is 2.93. The normalized spacial score (nSPS) is 31.3. The van der Waals surface area contributed by atoms with Gasteiger partial charge in [-0.1, -0.05) is 13.8 Å². The van der Waals surface area contributed by atoms with E-state index in [1.165, 1.54) is 0 Å². The lowest BCUT2D eigenvalue weighted by Gasteiger charge is -2.47. The van der Waals surface area contributed by atoms with E-state index >= 15 is 0 Å². The zero-order valence-electron chi connectivity index (χ0n) is 13.1. The van der Waals surface area contributed by atoms with E-state index in [0.717, 1.165) is 19.4 Å². The molecule has 0 aromatic heterocycles. The molecule has 2 aliphatic rings. The Bertz CT molecular complexity index is 393. The van der Waals surface area contributed by atoms with Crippen molar-refractivity contribution in [2.75, 3.05) is 20.1 Å². The minimum Gasteiger partial charge on any atom is -0.340 e. The van der Waals surface area contributed by atoms with Crippen LogP contribution in [0.5, 0.6) is 0 Å². The fourth-order valence-electron chi connectivity index (χ4n) is 3.43. The minimum atomic E-state index is -0.679. The molecule has 5 heteroatoms. The second-order valence-corrected chi connectivity index (χ2v) is 6.28. The topological polar surface area (TPSA) is 52.7 Å². The van der Waals surface area contributed by atoms with E-state index in [9.17, 15) is 9.59 Å². The summed E-state index contributed by atoms with van der Waals surface area (Å²) in [5.41, 5.74) is -0.679. The molecule has 2 saturated heterocycles. The highest BCUT2D eigenvalue weighted by atomic mass is 16.2. The van der Waals surface area contributed by atoms with Crippen LogP contribution < -0.4 is 5.32 Å². The molecular formula is C15H27N3O2. The van der Waals surface area contributed by atoms with Gasteiger partial charge in [-0.05, 0) is 39.7 Å². The lowest BCUT2D eigenvalue weighted by molar-refractivity contribution is -0.154. The Labute approximate surface area is 121 Å². The molecule has 0 bridgehead atoms. The van der Waals surface area contributed by atoms with Gasteiger partial charge < -0.3 is 15.1 Å². The van der Waals surface area contributed by atoms with Gasteiger partial charge in [-0.2, -0.15) is 0 Å². The van der Waals surface area contributed by atoms with Crippen molar-refractivity contribution in [2.24, 2.45) is 0 Å². The molecule has 114 valence electrons. The maximum absolute atomic E-state index is 12.8. The van der Waals surface area contributed by atoms with Gasteiger partial charge in [0.25, 0.3) is 0 Å². The van der Waals surface area contributed by atoms with E-state index in [1.807, 2.05) is 18.7 Å². The first-order chi connectivity index (χ1) is 9.43. The van der Waals surface area contributed by atoms with Crippen molar-refractivity contribution in [3.63, 3.8) is 0 Å².